The van der Waals surface area contributed by atoms with Gasteiger partial charge in [-0.05, 0) is 43.0 Å². The van der Waals surface area contributed by atoms with Gasteiger partial charge in [-0.25, -0.2) is 0 Å². The zero-order valence-corrected chi connectivity index (χ0v) is 11.3. The van der Waals surface area contributed by atoms with Crippen LogP contribution in [0, 0.1) is 5.92 Å². The highest BCUT2D eigenvalue weighted by atomic mass is 35.5. The fourth-order valence-electron chi connectivity index (χ4n) is 2.00. The quantitative estimate of drug-likeness (QED) is 0.805. The van der Waals surface area contributed by atoms with E-state index in [4.69, 9.17) is 21.1 Å². The van der Waals surface area contributed by atoms with Crippen molar-refractivity contribution < 1.29 is 9.47 Å². The molecule has 100 valence electrons. The second-order valence-electron chi connectivity index (χ2n) is 4.56. The number of ether oxygens (including phenoxy) is 2. The maximum atomic E-state index is 5.82. The Balaban J connectivity index is 1.54. The zero-order chi connectivity index (χ0) is 12.6. The summed E-state index contributed by atoms with van der Waals surface area (Å²) in [6, 6.07) is 7.71. The lowest BCUT2D eigenvalue weighted by atomic mass is 10.0. The minimum atomic E-state index is 0.675. The highest BCUT2D eigenvalue weighted by molar-refractivity contribution is 6.30. The smallest absolute Gasteiger partial charge is 0.0639 e. The summed E-state index contributed by atoms with van der Waals surface area (Å²) >= 11 is 5.82. The van der Waals surface area contributed by atoms with Gasteiger partial charge in [-0.1, -0.05) is 11.6 Å². The Morgan fingerprint density at radius 2 is 1.94 bits per heavy atom. The van der Waals surface area contributed by atoms with Gasteiger partial charge in [0.25, 0.3) is 0 Å². The molecule has 0 saturated carbocycles. The van der Waals surface area contributed by atoms with Gasteiger partial charge in [0.1, 0.15) is 0 Å². The summed E-state index contributed by atoms with van der Waals surface area (Å²) < 4.78 is 11.0. The first kappa shape index (κ1) is 13.7. The van der Waals surface area contributed by atoms with Gasteiger partial charge in [-0.15, -0.1) is 0 Å². The van der Waals surface area contributed by atoms with Crippen LogP contribution in [0.15, 0.2) is 24.3 Å². The Morgan fingerprint density at radius 3 is 2.67 bits per heavy atom. The Kier molecular flexibility index (Phi) is 5.78. The predicted octanol–water partition coefficient (Wildman–Crippen LogP) is 3.20. The maximum Gasteiger partial charge on any atom is 0.0639 e. The molecule has 1 aromatic rings. The molecular formula is C14H20ClNO2. The molecule has 0 aliphatic carbocycles. The van der Waals surface area contributed by atoms with Gasteiger partial charge in [0.05, 0.1) is 6.61 Å². The molecule has 1 aromatic carbocycles. The van der Waals surface area contributed by atoms with Crippen LogP contribution in [-0.2, 0) is 9.47 Å². The molecule has 0 radical (unpaired) electrons. The second kappa shape index (κ2) is 7.62. The van der Waals surface area contributed by atoms with Gasteiger partial charge in [-0.2, -0.15) is 0 Å². The van der Waals surface area contributed by atoms with Crippen LogP contribution in [0.2, 0.25) is 5.02 Å². The number of nitrogens with one attached hydrogen (secondary N) is 1. The summed E-state index contributed by atoms with van der Waals surface area (Å²) in [6.07, 6.45) is 2.26. The number of rotatable bonds is 6. The van der Waals surface area contributed by atoms with Crippen LogP contribution < -0.4 is 5.32 Å². The second-order valence-corrected chi connectivity index (χ2v) is 5.00. The molecule has 4 heteroatoms. The third-order valence-electron chi connectivity index (χ3n) is 3.11. The van der Waals surface area contributed by atoms with Crippen molar-refractivity contribution in [2.24, 2.45) is 5.92 Å². The average Bonchev–Trinajstić information content (AvgIpc) is 2.42. The van der Waals surface area contributed by atoms with Crippen LogP contribution in [-0.4, -0.2) is 33.0 Å². The minimum absolute atomic E-state index is 0.675. The highest BCUT2D eigenvalue weighted by Gasteiger charge is 2.13. The van der Waals surface area contributed by atoms with Crippen molar-refractivity contribution in [2.45, 2.75) is 12.8 Å². The van der Waals surface area contributed by atoms with E-state index in [1.807, 2.05) is 24.3 Å². The van der Waals surface area contributed by atoms with E-state index in [9.17, 15) is 0 Å². The van der Waals surface area contributed by atoms with E-state index in [1.165, 1.54) is 0 Å². The predicted molar refractivity (Wildman–Crippen MR) is 74.3 cm³/mol. The lowest BCUT2D eigenvalue weighted by Crippen LogP contribution is -2.21. The van der Waals surface area contributed by atoms with Gasteiger partial charge in [0, 0.05) is 37.1 Å². The molecule has 0 bridgehead atoms. The summed E-state index contributed by atoms with van der Waals surface area (Å²) in [5, 5.41) is 4.06. The number of hydrogen-bond acceptors (Lipinski definition) is 3. The lowest BCUT2D eigenvalue weighted by Gasteiger charge is -2.21. The van der Waals surface area contributed by atoms with Crippen LogP contribution >= 0.6 is 11.6 Å². The SMILES string of the molecule is Clc1ccc(NCCOCC2CCOCC2)cc1. The van der Waals surface area contributed by atoms with Crippen molar-refractivity contribution in [1.29, 1.82) is 0 Å². The van der Waals surface area contributed by atoms with E-state index < -0.39 is 0 Å². The molecule has 2 rings (SSSR count). The van der Waals surface area contributed by atoms with Crippen molar-refractivity contribution in [2.75, 3.05) is 38.3 Å². The van der Waals surface area contributed by atoms with Crippen molar-refractivity contribution in [3.8, 4) is 0 Å². The van der Waals surface area contributed by atoms with Crippen molar-refractivity contribution in [1.82, 2.24) is 0 Å². The number of halogens is 1. The first-order chi connectivity index (χ1) is 8.84. The van der Waals surface area contributed by atoms with Crippen LogP contribution in [0.5, 0.6) is 0 Å². The first-order valence-corrected chi connectivity index (χ1v) is 6.87. The molecule has 1 aliphatic heterocycles. The number of hydrogen-bond donors (Lipinski definition) is 1. The fraction of sp³-hybridized carbons (Fsp3) is 0.571. The average molecular weight is 270 g/mol. The molecule has 0 unspecified atom stereocenters. The van der Waals surface area contributed by atoms with Crippen LogP contribution in [0.25, 0.3) is 0 Å². The van der Waals surface area contributed by atoms with E-state index in [0.717, 1.165) is 56.5 Å². The monoisotopic (exact) mass is 269 g/mol. The number of anilines is 1. The molecular weight excluding hydrogens is 250 g/mol. The normalized spacial score (nSPS) is 16.7. The van der Waals surface area contributed by atoms with Crippen LogP contribution in [0.1, 0.15) is 12.8 Å². The topological polar surface area (TPSA) is 30.5 Å². The third kappa shape index (κ3) is 4.84. The Morgan fingerprint density at radius 1 is 1.22 bits per heavy atom. The Labute approximate surface area is 113 Å². The first-order valence-electron chi connectivity index (χ1n) is 6.49. The molecule has 1 fully saturated rings. The van der Waals surface area contributed by atoms with Gasteiger partial charge < -0.3 is 14.8 Å². The molecule has 3 nitrogen and oxygen atoms in total. The molecule has 1 N–H and O–H groups in total. The summed E-state index contributed by atoms with van der Waals surface area (Å²) in [6.45, 7) is 4.19. The van der Waals surface area contributed by atoms with Gasteiger partial charge in [0.2, 0.25) is 0 Å². The summed E-state index contributed by atoms with van der Waals surface area (Å²) in [4.78, 5) is 0. The molecule has 0 aromatic heterocycles. The summed E-state index contributed by atoms with van der Waals surface area (Å²) in [7, 11) is 0. The van der Waals surface area contributed by atoms with E-state index >= 15 is 0 Å². The lowest BCUT2D eigenvalue weighted by molar-refractivity contribution is 0.0231. The van der Waals surface area contributed by atoms with Gasteiger partial charge in [-0.3, -0.25) is 0 Å². The molecule has 0 spiro atoms. The molecule has 0 atom stereocenters. The Bertz CT molecular complexity index is 336. The van der Waals surface area contributed by atoms with Crippen molar-refractivity contribution in [3.05, 3.63) is 29.3 Å². The van der Waals surface area contributed by atoms with E-state index in [-0.39, 0.29) is 0 Å². The van der Waals surface area contributed by atoms with E-state index in [2.05, 4.69) is 5.32 Å². The van der Waals surface area contributed by atoms with Crippen molar-refractivity contribution >= 4 is 17.3 Å². The maximum absolute atomic E-state index is 5.82. The minimum Gasteiger partial charge on any atom is -0.383 e. The summed E-state index contributed by atoms with van der Waals surface area (Å²) in [5.41, 5.74) is 1.08. The zero-order valence-electron chi connectivity index (χ0n) is 10.5. The third-order valence-corrected chi connectivity index (χ3v) is 3.37. The van der Waals surface area contributed by atoms with E-state index in [1.54, 1.807) is 0 Å². The van der Waals surface area contributed by atoms with Gasteiger partial charge in [0.15, 0.2) is 0 Å². The molecule has 1 aliphatic rings. The molecule has 1 saturated heterocycles. The standard InChI is InChI=1S/C14H20ClNO2/c15-13-1-3-14(4-2-13)16-7-10-18-11-12-5-8-17-9-6-12/h1-4,12,16H,5-11H2. The van der Waals surface area contributed by atoms with Crippen molar-refractivity contribution in [3.63, 3.8) is 0 Å². The largest absolute Gasteiger partial charge is 0.383 e. The number of benzene rings is 1. The van der Waals surface area contributed by atoms with E-state index in [0.29, 0.717) is 5.92 Å². The van der Waals surface area contributed by atoms with Crippen LogP contribution in [0.3, 0.4) is 0 Å². The molecule has 1 heterocycles. The fourth-order valence-corrected chi connectivity index (χ4v) is 2.12. The molecule has 18 heavy (non-hydrogen) atoms. The summed E-state index contributed by atoms with van der Waals surface area (Å²) in [5.74, 6) is 0.675. The highest BCUT2D eigenvalue weighted by Crippen LogP contribution is 2.15. The van der Waals surface area contributed by atoms with Crippen LogP contribution in [0.4, 0.5) is 5.69 Å². The van der Waals surface area contributed by atoms with Gasteiger partial charge >= 0.3 is 0 Å². The Hall–Kier alpha value is -0.770. The molecule has 0 amide bonds.